The molecule has 0 radical (unpaired) electrons. The van der Waals surface area contributed by atoms with Crippen molar-refractivity contribution in [3.05, 3.63) is 150 Å². The Hall–Kier alpha value is -6.01. The SMILES string of the molecule is c1ccc(C2=NC(c3cccc(-c4nc5c(ccc6c7ccc8ccccc8c7oc65)o4)c3)=NC(c3ccccc3)N2)cc1. The summed E-state index contributed by atoms with van der Waals surface area (Å²) in [5.74, 6) is 1.93. The lowest BCUT2D eigenvalue weighted by Crippen LogP contribution is -2.33. The number of nitrogens with one attached hydrogen (secondary N) is 1. The van der Waals surface area contributed by atoms with Crippen LogP contribution >= 0.6 is 0 Å². The topological polar surface area (TPSA) is 75.9 Å². The van der Waals surface area contributed by atoms with Crippen molar-refractivity contribution in [1.82, 2.24) is 10.3 Å². The molecule has 1 atom stereocenters. The van der Waals surface area contributed by atoms with E-state index in [-0.39, 0.29) is 6.17 Å². The van der Waals surface area contributed by atoms with Gasteiger partial charge in [0, 0.05) is 32.8 Å². The van der Waals surface area contributed by atoms with Crippen LogP contribution in [0.15, 0.2) is 152 Å². The Labute approximate surface area is 252 Å². The molecule has 9 rings (SSSR count). The second-order valence-electron chi connectivity index (χ2n) is 10.9. The van der Waals surface area contributed by atoms with Gasteiger partial charge in [0.25, 0.3) is 0 Å². The van der Waals surface area contributed by atoms with Crippen LogP contribution in [0.3, 0.4) is 0 Å². The van der Waals surface area contributed by atoms with E-state index in [0.717, 1.165) is 60.8 Å². The molecule has 1 N–H and O–H groups in total. The minimum atomic E-state index is -0.274. The second-order valence-corrected chi connectivity index (χ2v) is 10.9. The number of hydrogen-bond donors (Lipinski definition) is 1. The van der Waals surface area contributed by atoms with E-state index in [4.69, 9.17) is 23.8 Å². The maximum absolute atomic E-state index is 6.49. The number of aliphatic imine (C=N–C) groups is 2. The van der Waals surface area contributed by atoms with Gasteiger partial charge >= 0.3 is 0 Å². The lowest BCUT2D eigenvalue weighted by Gasteiger charge is -2.23. The van der Waals surface area contributed by atoms with Crippen molar-refractivity contribution in [1.29, 1.82) is 0 Å². The van der Waals surface area contributed by atoms with Gasteiger partial charge in [-0.2, -0.15) is 0 Å². The van der Waals surface area contributed by atoms with Crippen LogP contribution in [0.4, 0.5) is 0 Å². The van der Waals surface area contributed by atoms with Crippen LogP contribution < -0.4 is 5.32 Å². The highest BCUT2D eigenvalue weighted by molar-refractivity contribution is 6.19. The molecule has 0 saturated heterocycles. The largest absolute Gasteiger partial charge is 0.453 e. The van der Waals surface area contributed by atoms with Crippen molar-refractivity contribution in [3.8, 4) is 11.5 Å². The van der Waals surface area contributed by atoms with Gasteiger partial charge in [0.15, 0.2) is 22.5 Å². The Morgan fingerprint density at radius 3 is 2.18 bits per heavy atom. The summed E-state index contributed by atoms with van der Waals surface area (Å²) in [7, 11) is 0. The highest BCUT2D eigenvalue weighted by Crippen LogP contribution is 2.38. The molecule has 0 amide bonds. The summed E-state index contributed by atoms with van der Waals surface area (Å²) >= 11 is 0. The van der Waals surface area contributed by atoms with Gasteiger partial charge in [-0.3, -0.25) is 0 Å². The molecule has 44 heavy (non-hydrogen) atoms. The smallest absolute Gasteiger partial charge is 0.227 e. The Bertz CT molecular complexity index is 2420. The molecule has 1 aliphatic heterocycles. The van der Waals surface area contributed by atoms with Crippen molar-refractivity contribution in [3.63, 3.8) is 0 Å². The summed E-state index contributed by atoms with van der Waals surface area (Å²) in [6.45, 7) is 0. The molecule has 2 aromatic heterocycles. The van der Waals surface area contributed by atoms with Gasteiger partial charge in [-0.1, -0.05) is 103 Å². The van der Waals surface area contributed by atoms with Crippen molar-refractivity contribution in [2.75, 3.05) is 0 Å². The zero-order valence-corrected chi connectivity index (χ0v) is 23.4. The number of aromatic nitrogens is 1. The van der Waals surface area contributed by atoms with Crippen molar-refractivity contribution in [2.45, 2.75) is 6.17 Å². The number of fused-ring (bicyclic) bond motifs is 7. The fourth-order valence-corrected chi connectivity index (χ4v) is 5.99. The molecule has 6 nitrogen and oxygen atoms in total. The average Bonchev–Trinajstić information content (AvgIpc) is 3.71. The number of rotatable bonds is 4. The summed E-state index contributed by atoms with van der Waals surface area (Å²) in [4.78, 5) is 14.9. The van der Waals surface area contributed by atoms with Gasteiger partial charge in [-0.05, 0) is 41.3 Å². The van der Waals surface area contributed by atoms with Gasteiger partial charge in [0.1, 0.15) is 17.6 Å². The molecular formula is C38H24N4O2. The lowest BCUT2D eigenvalue weighted by molar-refractivity contribution is 0.619. The first-order valence-corrected chi connectivity index (χ1v) is 14.6. The molecule has 0 saturated carbocycles. The van der Waals surface area contributed by atoms with Crippen LogP contribution in [0.5, 0.6) is 0 Å². The molecule has 6 aromatic carbocycles. The molecule has 3 heterocycles. The molecule has 0 fully saturated rings. The fourth-order valence-electron chi connectivity index (χ4n) is 5.99. The third-order valence-electron chi connectivity index (χ3n) is 8.16. The first-order valence-electron chi connectivity index (χ1n) is 14.6. The summed E-state index contributed by atoms with van der Waals surface area (Å²) in [6, 6.07) is 44.9. The predicted octanol–water partition coefficient (Wildman–Crippen LogP) is 9.04. The van der Waals surface area contributed by atoms with Crippen LogP contribution in [0, 0.1) is 0 Å². The van der Waals surface area contributed by atoms with Gasteiger partial charge in [0.05, 0.1) is 0 Å². The number of nitrogens with zero attached hydrogens (tertiary/aromatic N) is 3. The first-order chi connectivity index (χ1) is 21.8. The first kappa shape index (κ1) is 24.6. The van der Waals surface area contributed by atoms with E-state index in [0.29, 0.717) is 22.8 Å². The lowest BCUT2D eigenvalue weighted by atomic mass is 10.1. The standard InChI is InChI=1S/C38H24N4O2/c1-3-11-24(12-4-1)35-40-36(25-13-5-2-6-14-25)42-37(41-35)26-15-9-16-27(22-26)38-39-32-31(43-38)21-20-30-29-19-18-23-10-7-8-17-28(23)33(29)44-34(30)32/h1-22,35H,(H,40,41,42). The number of benzene rings is 6. The Morgan fingerprint density at radius 1 is 0.568 bits per heavy atom. The zero-order chi connectivity index (χ0) is 29.0. The molecule has 0 spiro atoms. The highest BCUT2D eigenvalue weighted by atomic mass is 16.4. The van der Waals surface area contributed by atoms with Gasteiger partial charge in [0.2, 0.25) is 5.89 Å². The number of oxazole rings is 1. The van der Waals surface area contributed by atoms with Crippen LogP contribution in [-0.4, -0.2) is 16.7 Å². The summed E-state index contributed by atoms with van der Waals surface area (Å²) in [6.07, 6.45) is -0.274. The van der Waals surface area contributed by atoms with Crippen LogP contribution in [0.25, 0.3) is 55.3 Å². The summed E-state index contributed by atoms with van der Waals surface area (Å²) in [5.41, 5.74) is 6.74. The molecular weight excluding hydrogens is 544 g/mol. The predicted molar refractivity (Wildman–Crippen MR) is 176 cm³/mol. The van der Waals surface area contributed by atoms with Crippen LogP contribution in [-0.2, 0) is 0 Å². The second kappa shape index (κ2) is 9.78. The van der Waals surface area contributed by atoms with E-state index in [1.165, 1.54) is 0 Å². The molecule has 0 aliphatic carbocycles. The maximum Gasteiger partial charge on any atom is 0.227 e. The Kier molecular flexibility index (Phi) is 5.46. The van der Waals surface area contributed by atoms with Gasteiger partial charge in [-0.15, -0.1) is 0 Å². The van der Waals surface area contributed by atoms with Crippen LogP contribution in [0.1, 0.15) is 22.9 Å². The fraction of sp³-hybridized carbons (Fsp3) is 0.0263. The minimum Gasteiger partial charge on any atom is -0.453 e. The third kappa shape index (κ3) is 4.00. The molecule has 6 heteroatoms. The van der Waals surface area contributed by atoms with Gasteiger partial charge < -0.3 is 14.2 Å². The molecule has 8 aromatic rings. The van der Waals surface area contributed by atoms with Gasteiger partial charge in [-0.25, -0.2) is 15.0 Å². The number of hydrogen-bond acceptors (Lipinski definition) is 6. The molecule has 208 valence electrons. The van der Waals surface area contributed by atoms with Crippen molar-refractivity contribution in [2.24, 2.45) is 9.98 Å². The van der Waals surface area contributed by atoms with Crippen molar-refractivity contribution >= 4 is 55.5 Å². The highest BCUT2D eigenvalue weighted by Gasteiger charge is 2.22. The average molecular weight is 569 g/mol. The summed E-state index contributed by atoms with van der Waals surface area (Å²) < 4.78 is 12.8. The zero-order valence-electron chi connectivity index (χ0n) is 23.4. The molecule has 1 unspecified atom stereocenters. The monoisotopic (exact) mass is 568 g/mol. The number of furan rings is 1. The summed E-state index contributed by atoms with van der Waals surface area (Å²) in [5, 5.41) is 7.82. The maximum atomic E-state index is 6.49. The van der Waals surface area contributed by atoms with E-state index >= 15 is 0 Å². The third-order valence-corrected chi connectivity index (χ3v) is 8.16. The number of amidine groups is 2. The van der Waals surface area contributed by atoms with E-state index < -0.39 is 0 Å². The van der Waals surface area contributed by atoms with Crippen molar-refractivity contribution < 1.29 is 8.83 Å². The van der Waals surface area contributed by atoms with E-state index in [2.05, 4.69) is 47.8 Å². The van der Waals surface area contributed by atoms with E-state index in [9.17, 15) is 0 Å². The minimum absolute atomic E-state index is 0.274. The normalized spacial score (nSPS) is 15.0. The Morgan fingerprint density at radius 2 is 1.30 bits per heavy atom. The molecule has 1 aliphatic rings. The molecule has 0 bridgehead atoms. The van der Waals surface area contributed by atoms with Crippen LogP contribution in [0.2, 0.25) is 0 Å². The quantitative estimate of drug-likeness (QED) is 0.230. The Balaban J connectivity index is 1.16. The van der Waals surface area contributed by atoms with E-state index in [1.54, 1.807) is 0 Å². The van der Waals surface area contributed by atoms with E-state index in [1.807, 2.05) is 91.0 Å².